The van der Waals surface area contributed by atoms with Crippen molar-refractivity contribution in [2.75, 3.05) is 6.54 Å². The summed E-state index contributed by atoms with van der Waals surface area (Å²) in [4.78, 5) is 12.2. The fraction of sp³-hybridized carbons (Fsp3) is 0.556. The molecule has 0 spiro atoms. The lowest BCUT2D eigenvalue weighted by Gasteiger charge is -2.20. The molecule has 4 heteroatoms. The number of allylic oxidation sites excluding steroid dienone is 3. The SMILES string of the molecule is CC/C=C\C1=C(CNC(=O)c2cnn(C)c2)[C@H](C)CC1(C)C. The van der Waals surface area contributed by atoms with E-state index in [-0.39, 0.29) is 11.3 Å². The summed E-state index contributed by atoms with van der Waals surface area (Å²) in [7, 11) is 1.81. The molecule has 0 aliphatic heterocycles. The Kier molecular flexibility index (Phi) is 4.89. The second-order valence-electron chi connectivity index (χ2n) is 6.82. The maximum absolute atomic E-state index is 12.2. The maximum atomic E-state index is 12.2. The van der Waals surface area contributed by atoms with Crippen molar-refractivity contribution in [2.24, 2.45) is 18.4 Å². The van der Waals surface area contributed by atoms with Gasteiger partial charge in [-0.25, -0.2) is 0 Å². The predicted octanol–water partition coefficient (Wildman–Crippen LogP) is 3.48. The standard InChI is InChI=1S/C18H27N3O/c1-6-7-8-16-15(13(2)9-18(16,3)4)11-19-17(22)14-10-20-21(5)12-14/h7-8,10,12-13H,6,9,11H2,1-5H3,(H,19,22)/b8-7-/t13-/m1/s1. The lowest BCUT2D eigenvalue weighted by atomic mass is 9.84. The van der Waals surface area contributed by atoms with E-state index in [4.69, 9.17) is 0 Å². The molecule has 120 valence electrons. The van der Waals surface area contributed by atoms with Crippen molar-refractivity contribution in [2.45, 2.75) is 40.5 Å². The third-order valence-electron chi connectivity index (χ3n) is 4.41. The van der Waals surface area contributed by atoms with Crippen molar-refractivity contribution in [3.05, 3.63) is 41.3 Å². The lowest BCUT2D eigenvalue weighted by molar-refractivity contribution is 0.0956. The van der Waals surface area contributed by atoms with Crippen LogP contribution >= 0.6 is 0 Å². The van der Waals surface area contributed by atoms with Gasteiger partial charge in [-0.05, 0) is 35.3 Å². The van der Waals surface area contributed by atoms with E-state index in [9.17, 15) is 4.79 Å². The van der Waals surface area contributed by atoms with Gasteiger partial charge in [-0.2, -0.15) is 5.10 Å². The first kappa shape index (κ1) is 16.5. The lowest BCUT2D eigenvalue weighted by Crippen LogP contribution is -2.26. The molecule has 0 aromatic carbocycles. The zero-order valence-electron chi connectivity index (χ0n) is 14.3. The van der Waals surface area contributed by atoms with Gasteiger partial charge in [0.15, 0.2) is 0 Å². The number of hydrogen-bond acceptors (Lipinski definition) is 2. The van der Waals surface area contributed by atoms with E-state index in [1.54, 1.807) is 17.1 Å². The Hall–Kier alpha value is -1.84. The van der Waals surface area contributed by atoms with Crippen LogP contribution in [0, 0.1) is 11.3 Å². The average molecular weight is 301 g/mol. The summed E-state index contributed by atoms with van der Waals surface area (Å²) in [6.07, 6.45) is 9.96. The van der Waals surface area contributed by atoms with Gasteiger partial charge >= 0.3 is 0 Å². The smallest absolute Gasteiger partial charge is 0.254 e. The fourth-order valence-corrected chi connectivity index (χ4v) is 3.35. The molecular formula is C18H27N3O. The number of carbonyl (C=O) groups is 1. The van der Waals surface area contributed by atoms with E-state index >= 15 is 0 Å². The molecule has 1 aliphatic rings. The van der Waals surface area contributed by atoms with E-state index in [1.165, 1.54) is 11.1 Å². The summed E-state index contributed by atoms with van der Waals surface area (Å²) in [5, 5.41) is 7.09. The number of hydrogen-bond donors (Lipinski definition) is 1. The van der Waals surface area contributed by atoms with Crippen molar-refractivity contribution >= 4 is 5.91 Å². The molecule has 0 bridgehead atoms. The zero-order chi connectivity index (χ0) is 16.3. The molecule has 1 atom stereocenters. The van der Waals surface area contributed by atoms with Gasteiger partial charge in [0.2, 0.25) is 0 Å². The topological polar surface area (TPSA) is 46.9 Å². The minimum absolute atomic E-state index is 0.0590. The van der Waals surface area contributed by atoms with Gasteiger partial charge in [-0.1, -0.05) is 39.8 Å². The fourth-order valence-electron chi connectivity index (χ4n) is 3.35. The molecule has 1 aromatic heterocycles. The Bertz CT molecular complexity index is 608. The molecule has 2 rings (SSSR count). The van der Waals surface area contributed by atoms with E-state index < -0.39 is 0 Å². The quantitative estimate of drug-likeness (QED) is 0.905. The van der Waals surface area contributed by atoms with E-state index in [2.05, 4.69) is 50.3 Å². The molecule has 0 saturated heterocycles. The van der Waals surface area contributed by atoms with Crippen molar-refractivity contribution in [3.8, 4) is 0 Å². The van der Waals surface area contributed by atoms with Crippen LogP contribution in [0.5, 0.6) is 0 Å². The number of rotatable bonds is 5. The van der Waals surface area contributed by atoms with Gasteiger partial charge in [-0.15, -0.1) is 0 Å². The Morgan fingerprint density at radius 1 is 1.55 bits per heavy atom. The highest BCUT2D eigenvalue weighted by Crippen LogP contribution is 2.46. The van der Waals surface area contributed by atoms with Crippen LogP contribution in [0.2, 0.25) is 0 Å². The third kappa shape index (κ3) is 3.49. The molecule has 1 aromatic rings. The number of amides is 1. The van der Waals surface area contributed by atoms with Crippen molar-refractivity contribution in [3.63, 3.8) is 0 Å². The molecule has 0 saturated carbocycles. The number of aromatic nitrogens is 2. The zero-order valence-corrected chi connectivity index (χ0v) is 14.3. The van der Waals surface area contributed by atoms with E-state index in [0.29, 0.717) is 18.0 Å². The van der Waals surface area contributed by atoms with Crippen molar-refractivity contribution in [1.29, 1.82) is 0 Å². The van der Waals surface area contributed by atoms with Crippen LogP contribution < -0.4 is 5.32 Å². The highest BCUT2D eigenvalue weighted by Gasteiger charge is 2.35. The second-order valence-corrected chi connectivity index (χ2v) is 6.82. The van der Waals surface area contributed by atoms with Crippen molar-refractivity contribution in [1.82, 2.24) is 15.1 Å². The van der Waals surface area contributed by atoms with Gasteiger partial charge in [-0.3, -0.25) is 9.48 Å². The Labute approximate surface area is 133 Å². The molecule has 4 nitrogen and oxygen atoms in total. The average Bonchev–Trinajstić information content (AvgIpc) is 2.95. The molecule has 0 radical (unpaired) electrons. The summed E-state index contributed by atoms with van der Waals surface area (Å²) in [5.74, 6) is 0.442. The molecule has 1 amide bonds. The first-order chi connectivity index (χ1) is 10.3. The highest BCUT2D eigenvalue weighted by atomic mass is 16.1. The molecule has 0 fully saturated rings. The van der Waals surface area contributed by atoms with Crippen LogP contribution in [0.15, 0.2) is 35.7 Å². The molecule has 0 unspecified atom stereocenters. The first-order valence-corrected chi connectivity index (χ1v) is 8.02. The van der Waals surface area contributed by atoms with E-state index in [1.807, 2.05) is 7.05 Å². The first-order valence-electron chi connectivity index (χ1n) is 8.02. The summed E-state index contributed by atoms with van der Waals surface area (Å²) in [6, 6.07) is 0. The minimum Gasteiger partial charge on any atom is -0.348 e. The number of aryl methyl sites for hydroxylation is 1. The molecule has 22 heavy (non-hydrogen) atoms. The Balaban J connectivity index is 2.14. The van der Waals surface area contributed by atoms with Gasteiger partial charge in [0.25, 0.3) is 5.91 Å². The highest BCUT2D eigenvalue weighted by molar-refractivity contribution is 5.93. The summed E-state index contributed by atoms with van der Waals surface area (Å²) >= 11 is 0. The number of nitrogens with zero attached hydrogens (tertiary/aromatic N) is 2. The minimum atomic E-state index is -0.0590. The van der Waals surface area contributed by atoms with Crippen LogP contribution in [-0.2, 0) is 7.05 Å². The third-order valence-corrected chi connectivity index (χ3v) is 4.41. The second kappa shape index (κ2) is 6.51. The van der Waals surface area contributed by atoms with Crippen LogP contribution in [0.3, 0.4) is 0 Å². The monoisotopic (exact) mass is 301 g/mol. The largest absolute Gasteiger partial charge is 0.348 e. The summed E-state index contributed by atoms with van der Waals surface area (Å²) < 4.78 is 1.64. The normalized spacial score (nSPS) is 20.9. The van der Waals surface area contributed by atoms with Crippen LogP contribution in [0.4, 0.5) is 0 Å². The predicted molar refractivity (Wildman–Crippen MR) is 89.6 cm³/mol. The van der Waals surface area contributed by atoms with E-state index in [0.717, 1.165) is 12.8 Å². The number of nitrogens with one attached hydrogen (secondary N) is 1. The van der Waals surface area contributed by atoms with Gasteiger partial charge in [0, 0.05) is 19.8 Å². The van der Waals surface area contributed by atoms with Crippen LogP contribution in [0.25, 0.3) is 0 Å². The molecule has 1 heterocycles. The van der Waals surface area contributed by atoms with Crippen LogP contribution in [0.1, 0.15) is 50.9 Å². The summed E-state index contributed by atoms with van der Waals surface area (Å²) in [6.45, 7) is 9.58. The van der Waals surface area contributed by atoms with Gasteiger partial charge in [0.1, 0.15) is 0 Å². The van der Waals surface area contributed by atoms with Gasteiger partial charge < -0.3 is 5.32 Å². The number of carbonyl (C=O) groups excluding carboxylic acids is 1. The Morgan fingerprint density at radius 3 is 2.86 bits per heavy atom. The van der Waals surface area contributed by atoms with Gasteiger partial charge in [0.05, 0.1) is 11.8 Å². The molecular weight excluding hydrogens is 274 g/mol. The van der Waals surface area contributed by atoms with Crippen LogP contribution in [-0.4, -0.2) is 22.2 Å². The molecule has 1 N–H and O–H groups in total. The molecule has 1 aliphatic carbocycles. The van der Waals surface area contributed by atoms with Crippen molar-refractivity contribution < 1.29 is 4.79 Å². The Morgan fingerprint density at radius 2 is 2.27 bits per heavy atom. The summed E-state index contributed by atoms with van der Waals surface area (Å²) in [5.41, 5.74) is 3.53. The maximum Gasteiger partial charge on any atom is 0.254 e.